The molecule has 0 bridgehead atoms. The molecule has 1 N–H and O–H groups in total. The molecule has 8 heteroatoms. The second-order valence-electron chi connectivity index (χ2n) is 5.80. The van der Waals surface area contributed by atoms with E-state index in [9.17, 15) is 19.2 Å². The first-order valence-corrected chi connectivity index (χ1v) is 9.12. The lowest BCUT2D eigenvalue weighted by molar-refractivity contribution is -0.151. The Morgan fingerprint density at radius 2 is 1.23 bits per heavy atom. The molecule has 0 heterocycles. The zero-order chi connectivity index (χ0) is 19.6. The fourth-order valence-corrected chi connectivity index (χ4v) is 2.05. The van der Waals surface area contributed by atoms with E-state index in [0.717, 1.165) is 19.3 Å². The van der Waals surface area contributed by atoms with Crippen LogP contribution in [0, 0.1) is 0 Å². The number of carbonyl (C=O) groups is 4. The summed E-state index contributed by atoms with van der Waals surface area (Å²) in [6.07, 6.45) is 6.42. The highest BCUT2D eigenvalue weighted by Gasteiger charge is 2.14. The Balaban J connectivity index is 3.39. The van der Waals surface area contributed by atoms with Gasteiger partial charge < -0.3 is 19.3 Å². The van der Waals surface area contributed by atoms with E-state index in [-0.39, 0.29) is 45.2 Å². The molecule has 0 rings (SSSR count). The number of Topliss-reactive ketones (excluding diaryl/α,β-unsaturated/α-hetero) is 1. The fraction of sp³-hybridized carbons (Fsp3) is 0.778. The highest BCUT2D eigenvalue weighted by Crippen LogP contribution is 2.07. The van der Waals surface area contributed by atoms with E-state index in [1.165, 1.54) is 19.3 Å². The van der Waals surface area contributed by atoms with Gasteiger partial charge in [-0.05, 0) is 6.42 Å². The molecule has 0 saturated carbocycles. The van der Waals surface area contributed by atoms with Crippen LogP contribution in [0.1, 0.15) is 64.7 Å². The molecule has 0 amide bonds. The van der Waals surface area contributed by atoms with Gasteiger partial charge in [-0.1, -0.05) is 39.0 Å². The molecule has 0 spiro atoms. The second kappa shape index (κ2) is 16.5. The van der Waals surface area contributed by atoms with E-state index in [1.54, 1.807) is 0 Å². The first-order valence-electron chi connectivity index (χ1n) is 9.12. The fourth-order valence-electron chi connectivity index (χ4n) is 2.05. The van der Waals surface area contributed by atoms with Crippen molar-refractivity contribution in [1.29, 1.82) is 0 Å². The number of ether oxygens (including phenoxy) is 3. The minimum atomic E-state index is -1.56. The van der Waals surface area contributed by atoms with E-state index in [0.29, 0.717) is 6.42 Å². The quantitative estimate of drug-likeness (QED) is 0.234. The largest absolute Gasteiger partial charge is 0.476 e. The van der Waals surface area contributed by atoms with Crippen molar-refractivity contribution in [3.8, 4) is 0 Å². The van der Waals surface area contributed by atoms with Gasteiger partial charge >= 0.3 is 17.9 Å². The Morgan fingerprint density at radius 1 is 0.692 bits per heavy atom. The van der Waals surface area contributed by atoms with Crippen LogP contribution >= 0.6 is 0 Å². The third kappa shape index (κ3) is 15.6. The van der Waals surface area contributed by atoms with Crippen LogP contribution in [0.25, 0.3) is 0 Å². The van der Waals surface area contributed by atoms with Crippen molar-refractivity contribution < 1.29 is 38.5 Å². The predicted octanol–water partition coefficient (Wildman–Crippen LogP) is 2.27. The molecule has 0 radical (unpaired) electrons. The lowest BCUT2D eigenvalue weighted by atomic mass is 10.1. The molecule has 26 heavy (non-hydrogen) atoms. The van der Waals surface area contributed by atoms with Gasteiger partial charge in [0.2, 0.25) is 5.78 Å². The molecule has 0 aliphatic heterocycles. The molecule has 0 aromatic carbocycles. The van der Waals surface area contributed by atoms with Gasteiger partial charge in [0.05, 0.1) is 19.6 Å². The predicted molar refractivity (Wildman–Crippen MR) is 92.6 cm³/mol. The van der Waals surface area contributed by atoms with Crippen molar-refractivity contribution in [3.05, 3.63) is 0 Å². The minimum Gasteiger partial charge on any atom is -0.476 e. The van der Waals surface area contributed by atoms with Crippen molar-refractivity contribution in [2.75, 3.05) is 26.4 Å². The number of esters is 2. The Bertz CT molecular complexity index is 433. The standard InChI is InChI=1S/C18H30O8/c1-2-3-4-5-6-7-8-16(20)25-13-11-24-12-14-26-17(21)10-9-15(19)18(22)23/h2-14H2,1H3,(H,22,23). The summed E-state index contributed by atoms with van der Waals surface area (Å²) in [5, 5.41) is 8.36. The first-order chi connectivity index (χ1) is 12.5. The number of unbranched alkanes of at least 4 members (excludes halogenated alkanes) is 5. The second-order valence-corrected chi connectivity index (χ2v) is 5.80. The van der Waals surface area contributed by atoms with E-state index in [2.05, 4.69) is 6.92 Å². The summed E-state index contributed by atoms with van der Waals surface area (Å²) in [5.41, 5.74) is 0. The number of hydrogen-bond donors (Lipinski definition) is 1. The van der Waals surface area contributed by atoms with Crippen LogP contribution in [0.4, 0.5) is 0 Å². The molecule has 0 aliphatic carbocycles. The monoisotopic (exact) mass is 374 g/mol. The van der Waals surface area contributed by atoms with Crippen LogP contribution in [0.5, 0.6) is 0 Å². The van der Waals surface area contributed by atoms with Gasteiger partial charge in [0.25, 0.3) is 0 Å². The number of aliphatic carboxylic acids is 1. The summed E-state index contributed by atoms with van der Waals surface area (Å²) in [4.78, 5) is 43.8. The third-order valence-electron chi connectivity index (χ3n) is 3.51. The lowest BCUT2D eigenvalue weighted by Gasteiger charge is -2.07. The van der Waals surface area contributed by atoms with Crippen molar-refractivity contribution in [1.82, 2.24) is 0 Å². The van der Waals surface area contributed by atoms with Crippen LogP contribution in [0.15, 0.2) is 0 Å². The molecule has 0 saturated heterocycles. The van der Waals surface area contributed by atoms with Gasteiger partial charge in [-0.25, -0.2) is 4.79 Å². The topological polar surface area (TPSA) is 116 Å². The molecule has 0 aliphatic rings. The molecule has 0 unspecified atom stereocenters. The summed E-state index contributed by atoms with van der Waals surface area (Å²) in [5.74, 6) is -3.49. The Kier molecular flexibility index (Phi) is 15.3. The number of carboxylic acid groups (broad SMARTS) is 1. The summed E-state index contributed by atoms with van der Waals surface area (Å²) in [6.45, 7) is 2.64. The van der Waals surface area contributed by atoms with Gasteiger partial charge in [0.15, 0.2) is 0 Å². The van der Waals surface area contributed by atoms with Crippen LogP contribution in [0.3, 0.4) is 0 Å². The maximum atomic E-state index is 11.5. The Hall–Kier alpha value is -1.96. The van der Waals surface area contributed by atoms with Gasteiger partial charge in [0.1, 0.15) is 13.2 Å². The third-order valence-corrected chi connectivity index (χ3v) is 3.51. The zero-order valence-corrected chi connectivity index (χ0v) is 15.5. The zero-order valence-electron chi connectivity index (χ0n) is 15.5. The number of hydrogen-bond acceptors (Lipinski definition) is 7. The van der Waals surface area contributed by atoms with Crippen LogP contribution in [-0.2, 0) is 33.4 Å². The first kappa shape index (κ1) is 24.0. The van der Waals surface area contributed by atoms with Crippen molar-refractivity contribution in [3.63, 3.8) is 0 Å². The molecular weight excluding hydrogens is 344 g/mol. The number of carboxylic acids is 1. The molecule has 0 fully saturated rings. The maximum Gasteiger partial charge on any atom is 0.372 e. The highest BCUT2D eigenvalue weighted by atomic mass is 16.6. The van der Waals surface area contributed by atoms with Crippen LogP contribution < -0.4 is 0 Å². The van der Waals surface area contributed by atoms with Gasteiger partial charge in [-0.15, -0.1) is 0 Å². The minimum absolute atomic E-state index is 0.00813. The lowest BCUT2D eigenvalue weighted by Crippen LogP contribution is -2.17. The van der Waals surface area contributed by atoms with Crippen LogP contribution in [-0.4, -0.2) is 55.2 Å². The Morgan fingerprint density at radius 3 is 1.81 bits per heavy atom. The summed E-state index contributed by atoms with van der Waals surface area (Å²) in [6, 6.07) is 0. The summed E-state index contributed by atoms with van der Waals surface area (Å²) < 4.78 is 14.9. The summed E-state index contributed by atoms with van der Waals surface area (Å²) in [7, 11) is 0. The number of carbonyl (C=O) groups excluding carboxylic acids is 3. The highest BCUT2D eigenvalue weighted by molar-refractivity contribution is 6.32. The molecule has 0 aromatic rings. The molecule has 0 atom stereocenters. The summed E-state index contributed by atoms with van der Waals surface area (Å²) >= 11 is 0. The molecule has 150 valence electrons. The SMILES string of the molecule is CCCCCCCCC(=O)OCCOCCOC(=O)CCC(=O)C(=O)O. The molecule has 8 nitrogen and oxygen atoms in total. The molecule has 0 aromatic heterocycles. The van der Waals surface area contributed by atoms with E-state index in [1.807, 2.05) is 0 Å². The van der Waals surface area contributed by atoms with Crippen molar-refractivity contribution >= 4 is 23.7 Å². The van der Waals surface area contributed by atoms with Crippen molar-refractivity contribution in [2.24, 2.45) is 0 Å². The van der Waals surface area contributed by atoms with E-state index >= 15 is 0 Å². The smallest absolute Gasteiger partial charge is 0.372 e. The van der Waals surface area contributed by atoms with Gasteiger partial charge in [-0.2, -0.15) is 0 Å². The normalized spacial score (nSPS) is 10.3. The number of rotatable bonds is 17. The Labute approximate surface area is 154 Å². The maximum absolute atomic E-state index is 11.5. The van der Waals surface area contributed by atoms with Crippen molar-refractivity contribution in [2.45, 2.75) is 64.7 Å². The van der Waals surface area contributed by atoms with E-state index in [4.69, 9.17) is 19.3 Å². The average Bonchev–Trinajstić information content (AvgIpc) is 2.61. The van der Waals surface area contributed by atoms with Gasteiger partial charge in [0, 0.05) is 12.8 Å². The van der Waals surface area contributed by atoms with Crippen LogP contribution in [0.2, 0.25) is 0 Å². The number of ketones is 1. The van der Waals surface area contributed by atoms with E-state index < -0.39 is 17.7 Å². The van der Waals surface area contributed by atoms with Gasteiger partial charge in [-0.3, -0.25) is 14.4 Å². The average molecular weight is 374 g/mol. The molecular formula is C18H30O8.